The molecule has 0 aliphatic heterocycles. The highest BCUT2D eigenvalue weighted by atomic mass is 16.3. The standard InChI is InChI=1S/C30H32N6O3/c1-3-4-12-25-31-26-27(29(39)22(9-7-8-17-37)19(2)28(26)38)36(25)18-20-13-15-21(16-14-20)23-10-5-6-11-24(23)30-32-34-35-33-30/h5-6,10-11,13-16,37H,3-4,7-9,12,17-18H2,1-2H3,(H,32,33,34,35). The quantitative estimate of drug-likeness (QED) is 0.265. The zero-order valence-corrected chi connectivity index (χ0v) is 22.3. The first-order valence-electron chi connectivity index (χ1n) is 13.4. The maximum atomic E-state index is 13.7. The van der Waals surface area contributed by atoms with E-state index in [2.05, 4.69) is 27.5 Å². The van der Waals surface area contributed by atoms with Crippen LogP contribution in [0.25, 0.3) is 22.5 Å². The molecule has 200 valence electrons. The monoisotopic (exact) mass is 524 g/mol. The van der Waals surface area contributed by atoms with Crippen molar-refractivity contribution >= 4 is 11.6 Å². The second-order valence-corrected chi connectivity index (χ2v) is 9.85. The van der Waals surface area contributed by atoms with Crippen molar-refractivity contribution in [1.29, 1.82) is 0 Å². The van der Waals surface area contributed by atoms with Crippen LogP contribution in [0.2, 0.25) is 0 Å². The highest BCUT2D eigenvalue weighted by Gasteiger charge is 2.35. The van der Waals surface area contributed by atoms with E-state index in [0.717, 1.165) is 40.9 Å². The number of H-pyrrole nitrogens is 1. The average Bonchev–Trinajstić information content (AvgIpc) is 3.62. The average molecular weight is 525 g/mol. The molecule has 2 aromatic carbocycles. The fourth-order valence-corrected chi connectivity index (χ4v) is 5.11. The van der Waals surface area contributed by atoms with E-state index in [1.807, 2.05) is 53.1 Å². The third kappa shape index (κ3) is 5.22. The van der Waals surface area contributed by atoms with Gasteiger partial charge in [-0.3, -0.25) is 9.59 Å². The molecule has 1 aliphatic rings. The van der Waals surface area contributed by atoms with Crippen LogP contribution in [-0.2, 0) is 13.0 Å². The molecule has 39 heavy (non-hydrogen) atoms. The number of aromatic amines is 1. The number of fused-ring (bicyclic) bond motifs is 1. The Kier molecular flexibility index (Phi) is 7.88. The summed E-state index contributed by atoms with van der Waals surface area (Å²) in [5.41, 5.74) is 5.59. The number of carbonyl (C=O) groups excluding carboxylic acids is 2. The van der Waals surface area contributed by atoms with Crippen molar-refractivity contribution in [3.63, 3.8) is 0 Å². The van der Waals surface area contributed by atoms with Gasteiger partial charge in [0, 0.05) is 36.3 Å². The number of aromatic nitrogens is 6. The molecule has 0 unspecified atom stereocenters. The number of nitrogens with zero attached hydrogens (tertiary/aromatic N) is 5. The summed E-state index contributed by atoms with van der Waals surface area (Å²) in [7, 11) is 0. The first kappa shape index (κ1) is 26.4. The van der Waals surface area contributed by atoms with Crippen molar-refractivity contribution in [1.82, 2.24) is 30.2 Å². The summed E-state index contributed by atoms with van der Waals surface area (Å²) >= 11 is 0. The highest BCUT2D eigenvalue weighted by molar-refractivity contribution is 6.25. The number of benzene rings is 2. The lowest BCUT2D eigenvalue weighted by atomic mass is 9.88. The number of carbonyl (C=O) groups is 2. The Bertz CT molecular complexity index is 1520. The smallest absolute Gasteiger partial charge is 0.209 e. The van der Waals surface area contributed by atoms with Crippen LogP contribution in [0.15, 0.2) is 59.7 Å². The molecule has 4 aromatic rings. The zero-order chi connectivity index (χ0) is 27.4. The molecule has 9 nitrogen and oxygen atoms in total. The van der Waals surface area contributed by atoms with Gasteiger partial charge in [0.25, 0.3) is 0 Å². The molecule has 0 amide bonds. The number of aliphatic hydroxyl groups excluding tert-OH is 1. The normalized spacial score (nSPS) is 13.3. The third-order valence-corrected chi connectivity index (χ3v) is 7.27. The van der Waals surface area contributed by atoms with E-state index in [0.29, 0.717) is 54.9 Å². The van der Waals surface area contributed by atoms with E-state index in [-0.39, 0.29) is 23.9 Å². The van der Waals surface area contributed by atoms with Crippen LogP contribution in [0.4, 0.5) is 0 Å². The van der Waals surface area contributed by atoms with Gasteiger partial charge in [-0.05, 0) is 59.7 Å². The van der Waals surface area contributed by atoms with Crippen LogP contribution in [0, 0.1) is 0 Å². The number of aliphatic hydroxyl groups is 1. The molecule has 0 radical (unpaired) electrons. The lowest BCUT2D eigenvalue weighted by molar-refractivity contribution is 0.0963. The number of nitrogens with one attached hydrogen (secondary N) is 1. The molecule has 2 N–H and O–H groups in total. The van der Waals surface area contributed by atoms with Crippen LogP contribution in [0.3, 0.4) is 0 Å². The molecule has 0 saturated carbocycles. The minimum atomic E-state index is -0.172. The summed E-state index contributed by atoms with van der Waals surface area (Å²) in [6.07, 6.45) is 4.31. The number of ketones is 2. The molecule has 2 heterocycles. The Labute approximate surface area is 227 Å². The largest absolute Gasteiger partial charge is 0.396 e. The van der Waals surface area contributed by atoms with Gasteiger partial charge in [0.1, 0.15) is 17.2 Å². The number of hydrogen-bond donors (Lipinski definition) is 2. The number of imidazole rings is 1. The summed E-state index contributed by atoms with van der Waals surface area (Å²) in [6.45, 7) is 4.33. The van der Waals surface area contributed by atoms with Crippen molar-refractivity contribution in [2.24, 2.45) is 0 Å². The fraction of sp³-hybridized carbons (Fsp3) is 0.333. The number of rotatable bonds is 11. The van der Waals surface area contributed by atoms with Gasteiger partial charge < -0.3 is 9.67 Å². The van der Waals surface area contributed by atoms with Gasteiger partial charge in [0.05, 0.1) is 0 Å². The molecule has 0 bridgehead atoms. The van der Waals surface area contributed by atoms with E-state index in [4.69, 9.17) is 4.98 Å². The molecule has 0 saturated heterocycles. The molecular formula is C30H32N6O3. The van der Waals surface area contributed by atoms with Gasteiger partial charge in [-0.2, -0.15) is 0 Å². The van der Waals surface area contributed by atoms with Crippen LogP contribution < -0.4 is 0 Å². The summed E-state index contributed by atoms with van der Waals surface area (Å²) in [6, 6.07) is 16.1. The van der Waals surface area contributed by atoms with Gasteiger partial charge in [0.15, 0.2) is 5.82 Å². The van der Waals surface area contributed by atoms with E-state index in [1.54, 1.807) is 6.92 Å². The number of hydrogen-bond acceptors (Lipinski definition) is 7. The highest BCUT2D eigenvalue weighted by Crippen LogP contribution is 2.32. The van der Waals surface area contributed by atoms with Crippen molar-refractivity contribution in [3.8, 4) is 22.5 Å². The predicted molar refractivity (Wildman–Crippen MR) is 147 cm³/mol. The van der Waals surface area contributed by atoms with E-state index in [1.165, 1.54) is 0 Å². The van der Waals surface area contributed by atoms with Crippen molar-refractivity contribution < 1.29 is 14.7 Å². The second kappa shape index (κ2) is 11.7. The number of Topliss-reactive ketones (excluding diaryl/α,β-unsaturated/α-hetero) is 2. The maximum absolute atomic E-state index is 13.7. The molecule has 0 spiro atoms. The topological polar surface area (TPSA) is 127 Å². The summed E-state index contributed by atoms with van der Waals surface area (Å²) < 4.78 is 1.94. The van der Waals surface area contributed by atoms with Gasteiger partial charge >= 0.3 is 0 Å². The number of aryl methyl sites for hydroxylation is 1. The molecular weight excluding hydrogens is 492 g/mol. The number of tetrazole rings is 1. The zero-order valence-electron chi connectivity index (χ0n) is 22.3. The minimum absolute atomic E-state index is 0.0641. The maximum Gasteiger partial charge on any atom is 0.209 e. The predicted octanol–water partition coefficient (Wildman–Crippen LogP) is 4.98. The molecule has 0 atom stereocenters. The van der Waals surface area contributed by atoms with Crippen molar-refractivity contribution in [2.45, 2.75) is 58.9 Å². The van der Waals surface area contributed by atoms with E-state index < -0.39 is 0 Å². The first-order chi connectivity index (χ1) is 19.0. The van der Waals surface area contributed by atoms with Gasteiger partial charge in [-0.25, -0.2) is 10.1 Å². The number of unbranched alkanes of at least 4 members (excludes halogenated alkanes) is 2. The van der Waals surface area contributed by atoms with Crippen LogP contribution in [0.1, 0.15) is 78.3 Å². The Morgan fingerprint density at radius 1 is 0.923 bits per heavy atom. The first-order valence-corrected chi connectivity index (χ1v) is 13.4. The molecule has 5 rings (SSSR count). The van der Waals surface area contributed by atoms with Gasteiger partial charge in [-0.15, -0.1) is 5.10 Å². The fourth-order valence-electron chi connectivity index (χ4n) is 5.11. The molecule has 9 heteroatoms. The summed E-state index contributed by atoms with van der Waals surface area (Å²) in [5.74, 6) is 1.07. The van der Waals surface area contributed by atoms with E-state index >= 15 is 0 Å². The van der Waals surface area contributed by atoms with Gasteiger partial charge in [-0.1, -0.05) is 61.9 Å². The number of allylic oxidation sites excluding steroid dienone is 2. The SMILES string of the molecule is CCCCc1nc2c(n1Cc1ccc(-c3ccccc3-c3nnn[nH]3)cc1)C(=O)C(CCCCO)=C(C)C2=O. The van der Waals surface area contributed by atoms with Crippen LogP contribution >= 0.6 is 0 Å². The Hall–Kier alpha value is -4.24. The Morgan fingerprint density at radius 3 is 2.38 bits per heavy atom. The van der Waals surface area contributed by atoms with Gasteiger partial charge in [0.2, 0.25) is 11.6 Å². The minimum Gasteiger partial charge on any atom is -0.396 e. The lowest BCUT2D eigenvalue weighted by Gasteiger charge is -2.19. The van der Waals surface area contributed by atoms with Crippen molar-refractivity contribution in [3.05, 3.63) is 82.5 Å². The molecule has 0 fully saturated rings. The van der Waals surface area contributed by atoms with Crippen LogP contribution in [0.5, 0.6) is 0 Å². The summed E-state index contributed by atoms with van der Waals surface area (Å²) in [4.78, 5) is 31.7. The van der Waals surface area contributed by atoms with Crippen LogP contribution in [-0.4, -0.2) is 53.5 Å². The third-order valence-electron chi connectivity index (χ3n) is 7.27. The Balaban J connectivity index is 1.48. The Morgan fingerprint density at radius 2 is 1.69 bits per heavy atom. The second-order valence-electron chi connectivity index (χ2n) is 9.85. The van der Waals surface area contributed by atoms with E-state index in [9.17, 15) is 14.7 Å². The molecule has 1 aliphatic carbocycles. The van der Waals surface area contributed by atoms with Crippen molar-refractivity contribution in [2.75, 3.05) is 6.61 Å². The summed E-state index contributed by atoms with van der Waals surface area (Å²) in [5, 5.41) is 23.5. The lowest BCUT2D eigenvalue weighted by Crippen LogP contribution is -2.24. The molecule has 2 aromatic heterocycles.